The molecule has 2 unspecified atom stereocenters. The highest BCUT2D eigenvalue weighted by Gasteiger charge is 2.43. The summed E-state index contributed by atoms with van der Waals surface area (Å²) in [5.74, 6) is -1.11. The van der Waals surface area contributed by atoms with Gasteiger partial charge in [-0.15, -0.1) is 11.3 Å². The van der Waals surface area contributed by atoms with E-state index in [9.17, 15) is 18.0 Å². The van der Waals surface area contributed by atoms with Crippen LogP contribution >= 0.6 is 11.3 Å². The Hall–Kier alpha value is -3.79. The molecule has 0 aliphatic carbocycles. The van der Waals surface area contributed by atoms with Gasteiger partial charge in [0.2, 0.25) is 11.8 Å². The van der Waals surface area contributed by atoms with Crippen molar-refractivity contribution < 1.29 is 18.0 Å². The van der Waals surface area contributed by atoms with Gasteiger partial charge in [-0.1, -0.05) is 104 Å². The number of hydrogen-bond acceptors (Lipinski definition) is 5. The van der Waals surface area contributed by atoms with E-state index in [1.165, 1.54) is 4.31 Å². The number of benzene rings is 3. The Balaban J connectivity index is 1.42. The van der Waals surface area contributed by atoms with Crippen LogP contribution < -0.4 is 5.32 Å². The monoisotopic (exact) mass is 587 g/mol. The minimum Gasteiger partial charge on any atom is -0.354 e. The molecular formula is C32H33N3O4S2. The van der Waals surface area contributed by atoms with Crippen molar-refractivity contribution in [2.45, 2.75) is 29.0 Å². The third kappa shape index (κ3) is 6.43. The summed E-state index contributed by atoms with van der Waals surface area (Å²) in [4.78, 5) is 29.5. The highest BCUT2D eigenvalue weighted by Crippen LogP contribution is 2.30. The van der Waals surface area contributed by atoms with Crippen molar-refractivity contribution in [3.05, 3.63) is 125 Å². The van der Waals surface area contributed by atoms with E-state index in [1.807, 2.05) is 97.9 Å². The number of carbonyl (C=O) groups excluding carboxylic acids is 2. The molecule has 3 aromatic carbocycles. The summed E-state index contributed by atoms with van der Waals surface area (Å²) in [7, 11) is -3.92. The molecule has 0 bridgehead atoms. The summed E-state index contributed by atoms with van der Waals surface area (Å²) in [6.45, 7) is 2.52. The van der Waals surface area contributed by atoms with Crippen molar-refractivity contribution in [1.29, 1.82) is 0 Å². The Morgan fingerprint density at radius 3 is 1.93 bits per heavy atom. The third-order valence-corrected chi connectivity index (χ3v) is 10.7. The number of rotatable bonds is 9. The highest BCUT2D eigenvalue weighted by atomic mass is 32.2. The predicted octanol–water partition coefficient (Wildman–Crippen LogP) is 4.70. The van der Waals surface area contributed by atoms with Crippen LogP contribution in [0.3, 0.4) is 0 Å². The summed E-state index contributed by atoms with van der Waals surface area (Å²) in [5, 5.41) is 4.67. The lowest BCUT2D eigenvalue weighted by atomic mass is 9.89. The maximum absolute atomic E-state index is 14.1. The first-order valence-corrected chi connectivity index (χ1v) is 15.9. The summed E-state index contributed by atoms with van der Waals surface area (Å²) in [5.41, 5.74) is 2.76. The van der Waals surface area contributed by atoms with Crippen molar-refractivity contribution in [3.63, 3.8) is 0 Å². The number of nitrogens with zero attached hydrogens (tertiary/aromatic N) is 2. The molecule has 4 aromatic rings. The molecule has 1 saturated heterocycles. The van der Waals surface area contributed by atoms with Crippen LogP contribution in [0.5, 0.6) is 0 Å². The van der Waals surface area contributed by atoms with E-state index >= 15 is 0 Å². The lowest BCUT2D eigenvalue weighted by Gasteiger charge is -2.40. The average molecular weight is 588 g/mol. The summed E-state index contributed by atoms with van der Waals surface area (Å²) < 4.78 is 28.7. The number of amides is 2. The standard InChI is InChI=1S/C32H33N3O4S2/c1-24(25-12-5-2-6-13-25)22-33-31(36)28-23-34(19-20-35(28)41(38,39)29-18-11-21-40-29)32(37)30(26-14-7-3-8-15-26)27-16-9-4-10-17-27/h2-18,21,24,28,30H,19-20,22-23H2,1H3,(H,33,36). The molecule has 0 saturated carbocycles. The van der Waals surface area contributed by atoms with Crippen LogP contribution in [0.2, 0.25) is 0 Å². The molecule has 0 radical (unpaired) electrons. The molecule has 1 N–H and O–H groups in total. The van der Waals surface area contributed by atoms with E-state index < -0.39 is 27.9 Å². The first kappa shape index (κ1) is 28.7. The molecule has 0 spiro atoms. The molecule has 1 fully saturated rings. The van der Waals surface area contributed by atoms with Gasteiger partial charge in [0.25, 0.3) is 10.0 Å². The first-order valence-electron chi connectivity index (χ1n) is 13.6. The summed E-state index contributed by atoms with van der Waals surface area (Å²) in [6.07, 6.45) is 0. The Bertz CT molecular complexity index is 1510. The molecule has 7 nitrogen and oxygen atoms in total. The van der Waals surface area contributed by atoms with Gasteiger partial charge in [-0.05, 0) is 34.1 Å². The first-order chi connectivity index (χ1) is 19.9. The van der Waals surface area contributed by atoms with Crippen LogP contribution in [0.25, 0.3) is 0 Å². The molecule has 212 valence electrons. The van der Waals surface area contributed by atoms with E-state index in [0.717, 1.165) is 28.0 Å². The van der Waals surface area contributed by atoms with Crippen LogP contribution in [0.1, 0.15) is 35.4 Å². The van der Waals surface area contributed by atoms with Gasteiger partial charge >= 0.3 is 0 Å². The lowest BCUT2D eigenvalue weighted by Crippen LogP contribution is -2.62. The van der Waals surface area contributed by atoms with Gasteiger partial charge < -0.3 is 10.2 Å². The van der Waals surface area contributed by atoms with E-state index in [0.29, 0.717) is 6.54 Å². The summed E-state index contributed by atoms with van der Waals surface area (Å²) >= 11 is 1.12. The maximum atomic E-state index is 14.1. The fourth-order valence-electron chi connectivity index (χ4n) is 5.22. The molecule has 2 heterocycles. The van der Waals surface area contributed by atoms with E-state index in [2.05, 4.69) is 5.32 Å². The molecule has 1 aliphatic rings. The largest absolute Gasteiger partial charge is 0.354 e. The third-order valence-electron chi connectivity index (χ3n) is 7.47. The molecule has 2 atom stereocenters. The minimum atomic E-state index is -3.92. The van der Waals surface area contributed by atoms with Crippen LogP contribution in [-0.4, -0.2) is 61.7 Å². The quantitative estimate of drug-likeness (QED) is 0.308. The van der Waals surface area contributed by atoms with Crippen molar-refractivity contribution in [2.75, 3.05) is 26.2 Å². The summed E-state index contributed by atoms with van der Waals surface area (Å²) in [6, 6.07) is 31.1. The normalized spacial score (nSPS) is 16.8. The average Bonchev–Trinajstić information content (AvgIpc) is 3.57. The van der Waals surface area contributed by atoms with Gasteiger partial charge in [-0.25, -0.2) is 8.42 Å². The number of hydrogen-bond donors (Lipinski definition) is 1. The van der Waals surface area contributed by atoms with Crippen LogP contribution in [-0.2, 0) is 19.6 Å². The zero-order valence-electron chi connectivity index (χ0n) is 22.8. The lowest BCUT2D eigenvalue weighted by molar-refractivity contribution is -0.136. The van der Waals surface area contributed by atoms with Gasteiger partial charge in [0.05, 0.1) is 5.92 Å². The Labute approximate surface area is 245 Å². The topological polar surface area (TPSA) is 86.8 Å². The minimum absolute atomic E-state index is 0.0224. The van der Waals surface area contributed by atoms with Gasteiger partial charge in [-0.3, -0.25) is 9.59 Å². The fourth-order valence-corrected chi connectivity index (χ4v) is 7.91. The van der Waals surface area contributed by atoms with Crippen LogP contribution in [0, 0.1) is 0 Å². The molecule has 41 heavy (non-hydrogen) atoms. The second kappa shape index (κ2) is 12.8. The van der Waals surface area contributed by atoms with Crippen molar-refractivity contribution >= 4 is 33.2 Å². The predicted molar refractivity (Wildman–Crippen MR) is 161 cm³/mol. The molecule has 5 rings (SSSR count). The molecule has 1 aliphatic heterocycles. The van der Waals surface area contributed by atoms with Crippen molar-refractivity contribution in [3.8, 4) is 0 Å². The zero-order valence-corrected chi connectivity index (χ0v) is 24.4. The number of sulfonamides is 1. The van der Waals surface area contributed by atoms with Gasteiger partial charge in [0.1, 0.15) is 10.3 Å². The van der Waals surface area contributed by atoms with E-state index in [-0.39, 0.29) is 35.7 Å². The number of carbonyl (C=O) groups is 2. The van der Waals surface area contributed by atoms with Gasteiger partial charge in [-0.2, -0.15) is 4.31 Å². The second-order valence-corrected chi connectivity index (χ2v) is 13.2. The molecule has 2 amide bonds. The maximum Gasteiger partial charge on any atom is 0.253 e. The number of piperazine rings is 1. The van der Waals surface area contributed by atoms with Crippen LogP contribution in [0.4, 0.5) is 0 Å². The molecule has 9 heteroatoms. The fraction of sp³-hybridized carbons (Fsp3) is 0.250. The van der Waals surface area contributed by atoms with E-state index in [1.54, 1.807) is 22.4 Å². The smallest absolute Gasteiger partial charge is 0.253 e. The number of thiophene rings is 1. The molecular weight excluding hydrogens is 555 g/mol. The van der Waals surface area contributed by atoms with Crippen LogP contribution in [0.15, 0.2) is 113 Å². The Kier molecular flexibility index (Phi) is 8.97. The number of nitrogens with one attached hydrogen (secondary N) is 1. The second-order valence-electron chi connectivity index (χ2n) is 10.2. The Morgan fingerprint density at radius 1 is 0.829 bits per heavy atom. The van der Waals surface area contributed by atoms with Crippen molar-refractivity contribution in [2.24, 2.45) is 0 Å². The van der Waals surface area contributed by atoms with E-state index in [4.69, 9.17) is 0 Å². The SMILES string of the molecule is CC(CNC(=O)C1CN(C(=O)C(c2ccccc2)c2ccccc2)CCN1S(=O)(=O)c1cccs1)c1ccccc1. The van der Waals surface area contributed by atoms with Gasteiger partial charge in [0, 0.05) is 26.2 Å². The highest BCUT2D eigenvalue weighted by molar-refractivity contribution is 7.91. The zero-order chi connectivity index (χ0) is 28.8. The molecule has 1 aromatic heterocycles. The Morgan fingerprint density at radius 2 is 1.39 bits per heavy atom. The van der Waals surface area contributed by atoms with Gasteiger partial charge in [0.15, 0.2) is 0 Å². The van der Waals surface area contributed by atoms with Crippen molar-refractivity contribution in [1.82, 2.24) is 14.5 Å².